The summed E-state index contributed by atoms with van der Waals surface area (Å²) in [7, 11) is 0.255. The maximum absolute atomic E-state index is 13.9. The number of carbonyl (C=O) groups is 2. The zero-order chi connectivity index (χ0) is 44.3. The predicted molar refractivity (Wildman–Crippen MR) is 247 cm³/mol. The smallest absolute Gasteiger partial charge is 0.261 e. The Morgan fingerprint density at radius 3 is 2.10 bits per heavy atom. The zero-order valence-corrected chi connectivity index (χ0v) is 37.2. The quantitative estimate of drug-likeness (QED) is 0.105. The van der Waals surface area contributed by atoms with Gasteiger partial charge in [0.15, 0.2) is 0 Å². The number of nitrogens with two attached hydrogens (primary N) is 1. The topological polar surface area (TPSA) is 131 Å². The van der Waals surface area contributed by atoms with Gasteiger partial charge in [-0.1, -0.05) is 118 Å². The molecular weight excluding hydrogens is 810 g/mol. The number of fused-ring (bicyclic) bond motifs is 1. The first-order chi connectivity index (χ1) is 30.4. The fraction of sp³-hybridized carbons (Fsp3) is 0.255. The molecular formula is C51H52FN5O5Si. The van der Waals surface area contributed by atoms with Crippen LogP contribution < -0.4 is 30.9 Å². The Morgan fingerprint density at radius 1 is 0.841 bits per heavy atom. The summed E-state index contributed by atoms with van der Waals surface area (Å²) < 4.78 is 34.3. The number of halogens is 1. The van der Waals surface area contributed by atoms with Crippen molar-refractivity contribution >= 4 is 41.4 Å². The van der Waals surface area contributed by atoms with Gasteiger partial charge in [-0.15, -0.1) is 0 Å². The van der Waals surface area contributed by atoms with Gasteiger partial charge in [-0.25, -0.2) is 4.39 Å². The number of methoxy groups -OCH3 is 2. The molecule has 2 heterocycles. The fourth-order valence-corrected chi connectivity index (χ4v) is 13.9. The van der Waals surface area contributed by atoms with Crippen molar-refractivity contribution in [1.29, 1.82) is 0 Å². The van der Waals surface area contributed by atoms with E-state index in [2.05, 4.69) is 86.8 Å². The van der Waals surface area contributed by atoms with Crippen molar-refractivity contribution in [1.82, 2.24) is 20.1 Å². The SMILES string of the molecule is COc1ccc(Cn2nc3c(C(N)=O)c(-c4ccc(CNC(=O)c5cc(F)ccc5OC)cc4)ncc3c2C2CCC(O[Si](c3ccccc3)(c3ccccc3)C(C)(C)C)C2)cc1. The summed E-state index contributed by atoms with van der Waals surface area (Å²) in [4.78, 5) is 31.4. The van der Waals surface area contributed by atoms with Gasteiger partial charge in [0.1, 0.15) is 22.8 Å². The molecule has 1 fully saturated rings. The van der Waals surface area contributed by atoms with E-state index in [0.29, 0.717) is 23.3 Å². The summed E-state index contributed by atoms with van der Waals surface area (Å²) in [6, 6.07) is 40.5. The van der Waals surface area contributed by atoms with E-state index in [1.807, 2.05) is 59.4 Å². The number of hydrogen-bond acceptors (Lipinski definition) is 7. The number of amides is 2. The van der Waals surface area contributed by atoms with Crippen molar-refractivity contribution < 1.29 is 27.9 Å². The number of benzene rings is 5. The molecule has 0 saturated heterocycles. The van der Waals surface area contributed by atoms with Crippen molar-refractivity contribution in [2.45, 2.75) is 70.2 Å². The molecule has 0 bridgehead atoms. The molecule has 3 N–H and O–H groups in total. The number of carbonyl (C=O) groups excluding carboxylic acids is 2. The number of aromatic nitrogens is 3. The number of rotatable bonds is 14. The predicted octanol–water partition coefficient (Wildman–Crippen LogP) is 8.54. The van der Waals surface area contributed by atoms with E-state index in [0.717, 1.165) is 53.3 Å². The standard InChI is InChI=1S/C51H52FN5O5Si/c1-51(2,3)63(40-12-8-6-9-13-40,41-14-10-7-11-15-41)62-39-26-22-36(28-39)48-43-31-54-46(45(49(53)58)47(43)56-57(48)32-34-18-24-38(60-4)25-19-34)35-20-16-33(17-21-35)30-55-50(59)42-29-37(52)23-27-44(42)61-5/h6-21,23-25,27,29,31,36,39H,22,26,28,30,32H2,1-5H3,(H2,53,58)(H,55,59). The Hall–Kier alpha value is -6.63. The van der Waals surface area contributed by atoms with Crippen molar-refractivity contribution in [2.24, 2.45) is 5.73 Å². The Labute approximate surface area is 368 Å². The molecule has 322 valence electrons. The van der Waals surface area contributed by atoms with Gasteiger partial charge in [0.05, 0.1) is 43.3 Å². The second kappa shape index (κ2) is 18.0. The summed E-state index contributed by atoms with van der Waals surface area (Å²) in [5.41, 5.74) is 10.9. The molecule has 1 aliphatic carbocycles. The van der Waals surface area contributed by atoms with Gasteiger partial charge < -0.3 is 25.0 Å². The van der Waals surface area contributed by atoms with E-state index in [1.165, 1.54) is 29.6 Å². The van der Waals surface area contributed by atoms with Crippen LogP contribution in [-0.4, -0.2) is 55.2 Å². The van der Waals surface area contributed by atoms with E-state index in [1.54, 1.807) is 7.11 Å². The number of primary amides is 1. The molecule has 2 aromatic heterocycles. The molecule has 63 heavy (non-hydrogen) atoms. The van der Waals surface area contributed by atoms with Gasteiger partial charge in [0.2, 0.25) is 0 Å². The normalized spacial score (nSPS) is 15.3. The molecule has 7 aromatic rings. The van der Waals surface area contributed by atoms with Crippen LogP contribution in [-0.2, 0) is 17.5 Å². The van der Waals surface area contributed by atoms with E-state index in [4.69, 9.17) is 29.7 Å². The molecule has 5 aromatic carbocycles. The molecule has 12 heteroatoms. The average molecular weight is 862 g/mol. The molecule has 1 saturated carbocycles. The summed E-state index contributed by atoms with van der Waals surface area (Å²) >= 11 is 0. The fourth-order valence-electron chi connectivity index (χ4n) is 9.17. The van der Waals surface area contributed by atoms with Gasteiger partial charge in [-0.2, -0.15) is 5.10 Å². The first-order valence-corrected chi connectivity index (χ1v) is 23.1. The van der Waals surface area contributed by atoms with Gasteiger partial charge in [-0.3, -0.25) is 19.3 Å². The van der Waals surface area contributed by atoms with Crippen molar-refractivity contribution in [3.63, 3.8) is 0 Å². The van der Waals surface area contributed by atoms with Gasteiger partial charge in [0.25, 0.3) is 20.1 Å². The maximum atomic E-state index is 13.9. The van der Waals surface area contributed by atoms with Crippen LogP contribution in [0, 0.1) is 5.82 Å². The zero-order valence-electron chi connectivity index (χ0n) is 36.2. The molecule has 8 rings (SSSR count). The molecule has 2 amide bonds. The average Bonchev–Trinajstić information content (AvgIpc) is 3.91. The molecule has 2 unspecified atom stereocenters. The molecule has 0 spiro atoms. The lowest BCUT2D eigenvalue weighted by atomic mass is 9.97. The highest BCUT2D eigenvalue weighted by molar-refractivity contribution is 6.99. The van der Waals surface area contributed by atoms with Crippen molar-refractivity contribution in [2.75, 3.05) is 14.2 Å². The van der Waals surface area contributed by atoms with Gasteiger partial charge >= 0.3 is 0 Å². The number of nitrogens with one attached hydrogen (secondary N) is 1. The minimum absolute atomic E-state index is 0.0253. The molecule has 0 aliphatic heterocycles. The second-order valence-electron chi connectivity index (χ2n) is 17.1. The minimum Gasteiger partial charge on any atom is -0.497 e. The Bertz CT molecular complexity index is 2700. The lowest BCUT2D eigenvalue weighted by molar-refractivity contribution is 0.0946. The van der Waals surface area contributed by atoms with Gasteiger partial charge in [0, 0.05) is 35.7 Å². The van der Waals surface area contributed by atoms with E-state index < -0.39 is 25.9 Å². The largest absolute Gasteiger partial charge is 0.497 e. The lowest BCUT2D eigenvalue weighted by Crippen LogP contribution is -2.67. The van der Waals surface area contributed by atoms with E-state index >= 15 is 0 Å². The Kier molecular flexibility index (Phi) is 12.3. The van der Waals surface area contributed by atoms with Crippen LogP contribution in [0.25, 0.3) is 22.2 Å². The number of nitrogens with zero attached hydrogens (tertiary/aromatic N) is 3. The maximum Gasteiger partial charge on any atom is 0.261 e. The van der Waals surface area contributed by atoms with Crippen molar-refractivity contribution in [3.8, 4) is 22.8 Å². The molecule has 10 nitrogen and oxygen atoms in total. The van der Waals surface area contributed by atoms with Crippen LogP contribution in [0.1, 0.15) is 83.5 Å². The first-order valence-electron chi connectivity index (χ1n) is 21.2. The molecule has 2 atom stereocenters. The highest BCUT2D eigenvalue weighted by Gasteiger charge is 2.52. The third kappa shape index (κ3) is 8.61. The summed E-state index contributed by atoms with van der Waals surface area (Å²) in [6.45, 7) is 7.54. The number of pyridine rings is 1. The first kappa shape index (κ1) is 43.0. The van der Waals surface area contributed by atoms with Crippen LogP contribution >= 0.6 is 0 Å². The highest BCUT2D eigenvalue weighted by Crippen LogP contribution is 2.45. The van der Waals surface area contributed by atoms with Crippen LogP contribution in [0.4, 0.5) is 4.39 Å². The van der Waals surface area contributed by atoms with Crippen LogP contribution in [0.15, 0.2) is 134 Å². The number of ether oxygens (including phenoxy) is 2. The van der Waals surface area contributed by atoms with Crippen LogP contribution in [0.5, 0.6) is 11.5 Å². The Morgan fingerprint density at radius 2 is 1.49 bits per heavy atom. The van der Waals surface area contributed by atoms with E-state index in [-0.39, 0.29) is 40.5 Å². The second-order valence-corrected chi connectivity index (χ2v) is 21.4. The molecule has 0 radical (unpaired) electrons. The van der Waals surface area contributed by atoms with Crippen LogP contribution in [0.2, 0.25) is 5.04 Å². The van der Waals surface area contributed by atoms with Crippen LogP contribution in [0.3, 0.4) is 0 Å². The monoisotopic (exact) mass is 861 g/mol. The lowest BCUT2D eigenvalue weighted by Gasteiger charge is -2.44. The Balaban J connectivity index is 1.14. The third-order valence-corrected chi connectivity index (χ3v) is 17.3. The summed E-state index contributed by atoms with van der Waals surface area (Å²) in [5.74, 6) is -0.548. The highest BCUT2D eigenvalue weighted by atomic mass is 28.4. The molecule has 1 aliphatic rings. The number of hydrogen-bond donors (Lipinski definition) is 2. The summed E-state index contributed by atoms with van der Waals surface area (Å²) in [6.07, 6.45) is 4.29. The summed E-state index contributed by atoms with van der Waals surface area (Å²) in [5, 5.41) is 11.1. The minimum atomic E-state index is -2.82. The van der Waals surface area contributed by atoms with Gasteiger partial charge in [-0.05, 0) is 76.1 Å². The third-order valence-electron chi connectivity index (χ3n) is 12.2. The van der Waals surface area contributed by atoms with E-state index in [9.17, 15) is 14.0 Å². The van der Waals surface area contributed by atoms with Crippen molar-refractivity contribution in [3.05, 3.63) is 167 Å².